The summed E-state index contributed by atoms with van der Waals surface area (Å²) < 4.78 is 36.5. The fraction of sp³-hybridized carbons (Fsp3) is 0.895. The molecular formula is C57H101NO6. The van der Waals surface area contributed by atoms with Crippen LogP contribution < -0.4 is 0 Å². The molecule has 4 fully saturated rings. The van der Waals surface area contributed by atoms with Gasteiger partial charge in [0.2, 0.25) is 0 Å². The van der Waals surface area contributed by atoms with Crippen LogP contribution in [-0.2, 0) is 28.4 Å². The molecule has 9 atom stereocenters. The van der Waals surface area contributed by atoms with Crippen molar-refractivity contribution in [1.82, 2.24) is 4.90 Å². The maximum Gasteiger partial charge on any atom is 0.0936 e. The molecule has 3 saturated carbocycles. The van der Waals surface area contributed by atoms with Gasteiger partial charge in [-0.25, -0.2) is 0 Å². The average molecular weight is 896 g/mol. The van der Waals surface area contributed by atoms with E-state index in [1.807, 2.05) is 0 Å². The zero-order valence-electron chi connectivity index (χ0n) is 42.5. The van der Waals surface area contributed by atoms with Crippen LogP contribution in [0.5, 0.6) is 0 Å². The standard InChI is InChI=1S/C57H101NO6/c1-6-8-10-11-12-13-14-15-16-17-18-19-20-21-22-23-36-62-47-52(46-58-35-24-25-48(58)3)64-44-42-61-40-38-59-37-39-60-41-43-63-51-31-33-57(5)50(45-51)27-29-53-54-30-28-49(26-9-7-2)56(54,4)34-32-55(53)57/h12-13,15-16,27,48-49,51-55H,6-11,14,17-26,28-47H2,1-5H3. The summed E-state index contributed by atoms with van der Waals surface area (Å²) in [6, 6.07) is 0.628. The summed E-state index contributed by atoms with van der Waals surface area (Å²) in [6.07, 6.45) is 45.3. The van der Waals surface area contributed by atoms with Gasteiger partial charge in [-0.05, 0) is 157 Å². The first-order valence-corrected chi connectivity index (χ1v) is 27.7. The molecule has 0 radical (unpaired) electrons. The first kappa shape index (κ1) is 53.9. The number of fused-ring (bicyclic) bond motifs is 5. The Labute approximate surface area is 395 Å². The predicted octanol–water partition coefficient (Wildman–Crippen LogP) is 13.9. The lowest BCUT2D eigenvalue weighted by Gasteiger charge is -2.58. The first-order valence-electron chi connectivity index (χ1n) is 27.7. The lowest BCUT2D eigenvalue weighted by Crippen LogP contribution is -2.50. The van der Waals surface area contributed by atoms with E-state index in [4.69, 9.17) is 28.4 Å². The van der Waals surface area contributed by atoms with Gasteiger partial charge in [0.05, 0.1) is 71.7 Å². The summed E-state index contributed by atoms with van der Waals surface area (Å²) in [5.74, 6) is 3.71. The number of likely N-dealkylation sites (tertiary alicyclic amines) is 1. The molecule has 0 aromatic heterocycles. The van der Waals surface area contributed by atoms with E-state index in [9.17, 15) is 0 Å². The van der Waals surface area contributed by atoms with Crippen molar-refractivity contribution >= 4 is 0 Å². The summed E-state index contributed by atoms with van der Waals surface area (Å²) in [4.78, 5) is 2.56. The largest absolute Gasteiger partial charge is 0.379 e. The van der Waals surface area contributed by atoms with Crippen LogP contribution in [0.4, 0.5) is 0 Å². The third-order valence-electron chi connectivity index (χ3n) is 17.0. The van der Waals surface area contributed by atoms with Crippen LogP contribution in [0.15, 0.2) is 36.0 Å². The van der Waals surface area contributed by atoms with Gasteiger partial charge < -0.3 is 28.4 Å². The van der Waals surface area contributed by atoms with E-state index < -0.39 is 0 Å². The molecule has 0 aromatic rings. The molecule has 64 heavy (non-hydrogen) atoms. The highest BCUT2D eigenvalue weighted by molar-refractivity contribution is 5.25. The van der Waals surface area contributed by atoms with E-state index in [0.29, 0.717) is 82.4 Å². The predicted molar refractivity (Wildman–Crippen MR) is 267 cm³/mol. The number of allylic oxidation sites excluding steroid dienone is 5. The smallest absolute Gasteiger partial charge is 0.0936 e. The van der Waals surface area contributed by atoms with Crippen molar-refractivity contribution in [3.63, 3.8) is 0 Å². The molecule has 4 aliphatic carbocycles. The molecule has 1 aliphatic heterocycles. The summed E-state index contributed by atoms with van der Waals surface area (Å²) in [6.45, 7) is 20.7. The van der Waals surface area contributed by atoms with Crippen LogP contribution >= 0.6 is 0 Å². The molecule has 7 nitrogen and oxygen atoms in total. The Balaban J connectivity index is 0.825. The van der Waals surface area contributed by atoms with Gasteiger partial charge in [0, 0.05) is 19.2 Å². The third-order valence-corrected chi connectivity index (χ3v) is 17.0. The maximum atomic E-state index is 6.41. The number of ether oxygens (including phenoxy) is 6. The zero-order valence-corrected chi connectivity index (χ0v) is 42.5. The van der Waals surface area contributed by atoms with Crippen LogP contribution in [0.2, 0.25) is 0 Å². The fourth-order valence-corrected chi connectivity index (χ4v) is 13.0. The third kappa shape index (κ3) is 17.8. The van der Waals surface area contributed by atoms with Crippen molar-refractivity contribution in [3.8, 4) is 0 Å². The van der Waals surface area contributed by atoms with Gasteiger partial charge in [-0.15, -0.1) is 0 Å². The van der Waals surface area contributed by atoms with Crippen LogP contribution in [0.25, 0.3) is 0 Å². The monoisotopic (exact) mass is 896 g/mol. The van der Waals surface area contributed by atoms with Crippen LogP contribution in [0, 0.1) is 34.5 Å². The van der Waals surface area contributed by atoms with Crippen LogP contribution in [0.3, 0.4) is 0 Å². The van der Waals surface area contributed by atoms with Gasteiger partial charge in [-0.1, -0.05) is 115 Å². The number of hydrogen-bond acceptors (Lipinski definition) is 7. The van der Waals surface area contributed by atoms with Crippen molar-refractivity contribution in [2.45, 2.75) is 213 Å². The van der Waals surface area contributed by atoms with Crippen molar-refractivity contribution < 1.29 is 28.4 Å². The average Bonchev–Trinajstić information content (AvgIpc) is 3.87. The van der Waals surface area contributed by atoms with E-state index in [1.165, 1.54) is 141 Å². The molecule has 5 aliphatic rings. The minimum atomic E-state index is 0.0881. The molecule has 1 heterocycles. The SMILES string of the molecule is CCCCCC=CCC=CCCCCCCCCOCC(CN1CCCC1C)OCCOCCOCCOCCOC1CCC2(C)C(=CCC3C2CCC2(C)C(CCCC)CCC32)C1. The quantitative estimate of drug-likeness (QED) is 0.0459. The van der Waals surface area contributed by atoms with E-state index in [-0.39, 0.29) is 6.10 Å². The second-order valence-electron chi connectivity index (χ2n) is 21.4. The first-order chi connectivity index (χ1) is 31.4. The van der Waals surface area contributed by atoms with Gasteiger partial charge in [0.1, 0.15) is 0 Å². The highest BCUT2D eigenvalue weighted by Gasteiger charge is 2.58. The van der Waals surface area contributed by atoms with Crippen molar-refractivity contribution in [2.75, 3.05) is 79.2 Å². The second kappa shape index (κ2) is 31.1. The van der Waals surface area contributed by atoms with Crippen molar-refractivity contribution in [2.24, 2.45) is 34.5 Å². The lowest BCUT2D eigenvalue weighted by molar-refractivity contribution is -0.0663. The Morgan fingerprint density at radius 3 is 2.08 bits per heavy atom. The van der Waals surface area contributed by atoms with E-state index in [2.05, 4.69) is 69.9 Å². The number of nitrogens with zero attached hydrogens (tertiary/aromatic N) is 1. The lowest BCUT2D eigenvalue weighted by atomic mass is 9.47. The van der Waals surface area contributed by atoms with Crippen LogP contribution in [0.1, 0.15) is 195 Å². The number of unbranched alkanes of at least 4 members (excludes halogenated alkanes) is 10. The molecular weight excluding hydrogens is 795 g/mol. The molecule has 9 unspecified atom stereocenters. The fourth-order valence-electron chi connectivity index (χ4n) is 13.0. The summed E-state index contributed by atoms with van der Waals surface area (Å²) in [7, 11) is 0. The van der Waals surface area contributed by atoms with E-state index >= 15 is 0 Å². The Kier molecular flexibility index (Phi) is 26.2. The highest BCUT2D eigenvalue weighted by Crippen LogP contribution is 2.66. The molecule has 0 bridgehead atoms. The topological polar surface area (TPSA) is 58.6 Å². The minimum Gasteiger partial charge on any atom is -0.379 e. The Morgan fingerprint density at radius 2 is 1.36 bits per heavy atom. The normalized spacial score (nSPS) is 30.0. The zero-order chi connectivity index (χ0) is 45.1. The number of rotatable bonds is 36. The highest BCUT2D eigenvalue weighted by atomic mass is 16.6. The molecule has 0 aromatic carbocycles. The van der Waals surface area contributed by atoms with Crippen molar-refractivity contribution in [1.29, 1.82) is 0 Å². The molecule has 370 valence electrons. The van der Waals surface area contributed by atoms with E-state index in [1.54, 1.807) is 5.57 Å². The number of hydrogen-bond donors (Lipinski definition) is 0. The molecule has 0 amide bonds. The minimum absolute atomic E-state index is 0.0881. The van der Waals surface area contributed by atoms with Gasteiger partial charge in [0.15, 0.2) is 0 Å². The summed E-state index contributed by atoms with van der Waals surface area (Å²) >= 11 is 0. The molecule has 5 rings (SSSR count). The Hall–Kier alpha value is -1.06. The van der Waals surface area contributed by atoms with Gasteiger partial charge in [-0.2, -0.15) is 0 Å². The van der Waals surface area contributed by atoms with Crippen LogP contribution in [-0.4, -0.2) is 102 Å². The summed E-state index contributed by atoms with van der Waals surface area (Å²) in [5.41, 5.74) is 2.71. The van der Waals surface area contributed by atoms with Gasteiger partial charge in [-0.3, -0.25) is 4.90 Å². The Morgan fingerprint density at radius 1 is 0.672 bits per heavy atom. The van der Waals surface area contributed by atoms with E-state index in [0.717, 1.165) is 62.6 Å². The molecule has 1 saturated heterocycles. The molecule has 0 spiro atoms. The van der Waals surface area contributed by atoms with Gasteiger partial charge in [0.25, 0.3) is 0 Å². The van der Waals surface area contributed by atoms with Gasteiger partial charge >= 0.3 is 0 Å². The second-order valence-corrected chi connectivity index (χ2v) is 21.4. The van der Waals surface area contributed by atoms with Crippen molar-refractivity contribution in [3.05, 3.63) is 36.0 Å². The Bertz CT molecular complexity index is 1300. The maximum absolute atomic E-state index is 6.41. The summed E-state index contributed by atoms with van der Waals surface area (Å²) in [5, 5.41) is 0. The molecule has 7 heteroatoms. The molecule has 0 N–H and O–H groups in total.